The van der Waals surface area contributed by atoms with E-state index in [1.165, 1.54) is 39.7 Å². The van der Waals surface area contributed by atoms with Gasteiger partial charge in [-0.1, -0.05) is 102 Å². The summed E-state index contributed by atoms with van der Waals surface area (Å²) in [5.41, 5.74) is 12.8. The van der Waals surface area contributed by atoms with Gasteiger partial charge in [0.05, 0.1) is 16.9 Å². The maximum absolute atomic E-state index is 7.23. The molecule has 0 fully saturated rings. The Morgan fingerprint density at radius 1 is 0.640 bits per heavy atom. The van der Waals surface area contributed by atoms with Crippen molar-refractivity contribution < 1.29 is 24.2 Å². The zero-order chi connectivity index (χ0) is 37.0. The molecule has 0 bridgehead atoms. The Hall–Kier alpha value is -4.63. The molecule has 0 aliphatic rings. The third-order valence-corrected chi connectivity index (χ3v) is 8.79. The predicted octanol–water partition coefficient (Wildman–Crippen LogP) is 12.4. The molecule has 3 nitrogen and oxygen atoms in total. The van der Waals surface area contributed by atoms with E-state index in [1.807, 2.05) is 30.3 Å². The van der Waals surface area contributed by atoms with Crippen LogP contribution in [0.25, 0.3) is 50.5 Å². The van der Waals surface area contributed by atoms with Crippen LogP contribution in [0.15, 0.2) is 128 Å². The molecule has 0 saturated heterocycles. The monoisotopic (exact) mass is 835 g/mol. The molecule has 7 aromatic rings. The molecule has 255 valence electrons. The molecule has 1 radical (unpaired) electrons. The summed E-state index contributed by atoms with van der Waals surface area (Å²) in [6.07, 6.45) is 1.39. The van der Waals surface area contributed by atoms with Gasteiger partial charge >= 0.3 is 0 Å². The first kappa shape index (κ1) is 32.6. The largest absolute Gasteiger partial charge is 0.333 e. The molecule has 0 spiro atoms. The second-order valence-corrected chi connectivity index (χ2v) is 13.3. The molecular formula is C46H45IrN3-2. The molecule has 0 amide bonds. The van der Waals surface area contributed by atoms with E-state index in [1.54, 1.807) is 18.2 Å². The van der Waals surface area contributed by atoms with E-state index < -0.39 is 6.85 Å². The topological polar surface area (TPSA) is 30.7 Å². The van der Waals surface area contributed by atoms with Gasteiger partial charge in [0.25, 0.3) is 0 Å². The normalized spacial score (nSPS) is 12.2. The molecule has 5 aromatic carbocycles. The molecule has 0 aliphatic heterocycles. The van der Waals surface area contributed by atoms with Crippen LogP contribution in [0, 0.1) is 19.0 Å². The van der Waals surface area contributed by atoms with Gasteiger partial charge in [0.1, 0.15) is 0 Å². The smallest absolute Gasteiger partial charge is 0.0780 e. The van der Waals surface area contributed by atoms with Crippen LogP contribution < -0.4 is 0 Å². The molecular weight excluding hydrogens is 787 g/mol. The van der Waals surface area contributed by atoms with Crippen molar-refractivity contribution in [1.82, 2.24) is 14.5 Å². The molecule has 50 heavy (non-hydrogen) atoms. The van der Waals surface area contributed by atoms with E-state index in [0.717, 1.165) is 33.7 Å². The van der Waals surface area contributed by atoms with Crippen LogP contribution >= 0.6 is 0 Å². The van der Waals surface area contributed by atoms with Gasteiger partial charge in [0, 0.05) is 36.1 Å². The molecule has 0 unspecified atom stereocenters. The predicted molar refractivity (Wildman–Crippen MR) is 206 cm³/mol. The second kappa shape index (κ2) is 16.4. The number of pyridine rings is 1. The van der Waals surface area contributed by atoms with Gasteiger partial charge in [0.2, 0.25) is 0 Å². The minimum Gasteiger partial charge on any atom is -0.333 e. The van der Waals surface area contributed by atoms with Crippen molar-refractivity contribution in [2.75, 3.05) is 0 Å². The van der Waals surface area contributed by atoms with Crippen LogP contribution in [0.4, 0.5) is 0 Å². The summed E-state index contributed by atoms with van der Waals surface area (Å²) in [6.45, 7) is 11.7. The van der Waals surface area contributed by atoms with Crippen molar-refractivity contribution in [2.24, 2.45) is 0 Å². The van der Waals surface area contributed by atoms with E-state index in [4.69, 9.17) is 9.10 Å². The van der Waals surface area contributed by atoms with E-state index in [-0.39, 0.29) is 25.7 Å². The fourth-order valence-corrected chi connectivity index (χ4v) is 6.11. The summed E-state index contributed by atoms with van der Waals surface area (Å²) >= 11 is 0. The molecule has 0 aliphatic carbocycles. The van der Waals surface area contributed by atoms with E-state index in [0.29, 0.717) is 17.8 Å². The zero-order valence-corrected chi connectivity index (χ0v) is 31.9. The summed E-state index contributed by atoms with van der Waals surface area (Å²) in [5.74, 6) is 2.18. The SMILES string of the molecule is CC(C)c1cc(C(C)C)c(-n2c(-c3[c-]cccc3)nc3cc(-c4ccccc4)ccc32)c(C(C)C)c1.[2H]C([2H])([2H])c1ccc(-c2[c-]cccc2)nc1.[Ir]. The van der Waals surface area contributed by atoms with Gasteiger partial charge in [-0.3, -0.25) is 4.98 Å². The van der Waals surface area contributed by atoms with Gasteiger partial charge < -0.3 is 9.55 Å². The third kappa shape index (κ3) is 8.05. The third-order valence-electron chi connectivity index (χ3n) is 8.79. The average molecular weight is 835 g/mol. The number of aryl methyl sites for hydroxylation is 1. The average Bonchev–Trinajstić information content (AvgIpc) is 3.54. The summed E-state index contributed by atoms with van der Waals surface area (Å²) in [4.78, 5) is 9.36. The maximum atomic E-state index is 7.23. The fourth-order valence-electron chi connectivity index (χ4n) is 6.11. The Bertz CT molecular complexity index is 2210. The number of imidazole rings is 1. The minimum atomic E-state index is -2.09. The van der Waals surface area contributed by atoms with Gasteiger partial charge in [0.15, 0.2) is 0 Å². The van der Waals surface area contributed by atoms with Gasteiger partial charge in [-0.05, 0) is 75.8 Å². The van der Waals surface area contributed by atoms with Crippen LogP contribution in [0.1, 0.15) is 85.7 Å². The van der Waals surface area contributed by atoms with Crippen molar-refractivity contribution in [1.29, 1.82) is 0 Å². The summed E-state index contributed by atoms with van der Waals surface area (Å²) < 4.78 is 24.1. The molecule has 2 aromatic heterocycles. The van der Waals surface area contributed by atoms with Gasteiger partial charge in [-0.25, -0.2) is 0 Å². The maximum Gasteiger partial charge on any atom is 0.0780 e. The minimum absolute atomic E-state index is 0. The Labute approximate surface area is 316 Å². The summed E-state index contributed by atoms with van der Waals surface area (Å²) in [5, 5.41) is 0. The van der Waals surface area contributed by atoms with Gasteiger partial charge in [-0.15, -0.1) is 71.8 Å². The number of fused-ring (bicyclic) bond motifs is 1. The summed E-state index contributed by atoms with van der Waals surface area (Å²) in [7, 11) is 0. The Morgan fingerprint density at radius 2 is 1.28 bits per heavy atom. The molecule has 0 atom stereocenters. The fraction of sp³-hybridized carbons (Fsp3) is 0.217. The molecule has 0 saturated carbocycles. The van der Waals surface area contributed by atoms with Crippen molar-refractivity contribution >= 4 is 11.0 Å². The van der Waals surface area contributed by atoms with Crippen molar-refractivity contribution in [2.45, 2.75) is 66.1 Å². The first-order valence-corrected chi connectivity index (χ1v) is 17.1. The van der Waals surface area contributed by atoms with Crippen molar-refractivity contribution in [3.8, 4) is 39.5 Å². The Kier molecular flexibility index (Phi) is 10.7. The van der Waals surface area contributed by atoms with Crippen molar-refractivity contribution in [3.05, 3.63) is 162 Å². The Morgan fingerprint density at radius 3 is 1.82 bits per heavy atom. The number of nitrogens with zero attached hydrogens (tertiary/aromatic N) is 3. The first-order valence-electron chi connectivity index (χ1n) is 18.6. The van der Waals surface area contributed by atoms with Crippen molar-refractivity contribution in [3.63, 3.8) is 0 Å². The van der Waals surface area contributed by atoms with Crippen LogP contribution in [0.5, 0.6) is 0 Å². The van der Waals surface area contributed by atoms with E-state index in [2.05, 4.69) is 136 Å². The zero-order valence-electron chi connectivity index (χ0n) is 32.5. The number of hydrogen-bond acceptors (Lipinski definition) is 2. The first-order chi connectivity index (χ1) is 24.9. The Balaban J connectivity index is 0.000000267. The molecule has 2 heterocycles. The number of rotatable bonds is 7. The number of hydrogen-bond donors (Lipinski definition) is 0. The van der Waals surface area contributed by atoms with E-state index in [9.17, 15) is 0 Å². The molecule has 4 heteroatoms. The molecule has 0 N–H and O–H groups in total. The van der Waals surface area contributed by atoms with Crippen LogP contribution in [0.2, 0.25) is 0 Å². The standard InChI is InChI=1S/C34H35N2.C12H10N.Ir/c1-22(2)28-19-29(23(3)4)33(30(20-28)24(5)6)36-32-18-17-27(25-13-9-7-10-14-25)21-31(32)35-34(36)26-15-11-8-12-16-26;1-10-7-8-12(13-9-10)11-5-3-2-4-6-11;/h7-15,17-24H,1-6H3;2-5,7-9H,1H3;/q2*-1;/i;1D3;. The molecule has 7 rings (SSSR count). The van der Waals surface area contributed by atoms with Gasteiger partial charge in [-0.2, -0.15) is 0 Å². The van der Waals surface area contributed by atoms with Crippen LogP contribution in [-0.4, -0.2) is 14.5 Å². The van der Waals surface area contributed by atoms with E-state index >= 15 is 0 Å². The van der Waals surface area contributed by atoms with Crippen LogP contribution in [-0.2, 0) is 20.1 Å². The van der Waals surface area contributed by atoms with Crippen LogP contribution in [0.3, 0.4) is 0 Å². The second-order valence-electron chi connectivity index (χ2n) is 13.3. The number of aromatic nitrogens is 3. The summed E-state index contributed by atoms with van der Waals surface area (Å²) in [6, 6.07) is 47.4. The quantitative estimate of drug-likeness (QED) is 0.150. The number of benzene rings is 5.